The fourth-order valence-electron chi connectivity index (χ4n) is 4.23. The topological polar surface area (TPSA) is 52.8 Å². The van der Waals surface area contributed by atoms with Crippen molar-refractivity contribution in [2.45, 2.75) is 45.8 Å². The van der Waals surface area contributed by atoms with Crippen LogP contribution >= 0.6 is 0 Å². The Morgan fingerprint density at radius 2 is 1.51 bits per heavy atom. The van der Waals surface area contributed by atoms with E-state index in [1.54, 1.807) is 12.1 Å². The van der Waals surface area contributed by atoms with Gasteiger partial charge in [-0.25, -0.2) is 9.37 Å². The molecule has 4 rings (SSSR count). The number of hydrogen-bond acceptors (Lipinski definition) is 5. The predicted octanol–water partition coefficient (Wildman–Crippen LogP) is 4.70. The molecule has 0 N–H and O–H groups in total. The third-order valence-electron chi connectivity index (χ3n) is 6.47. The fourth-order valence-corrected chi connectivity index (χ4v) is 4.23. The number of carbonyl (C=O) groups excluding carboxylic acids is 1. The third kappa shape index (κ3) is 6.77. The molecule has 35 heavy (non-hydrogen) atoms. The van der Waals surface area contributed by atoms with E-state index >= 15 is 0 Å². The highest BCUT2D eigenvalue weighted by Gasteiger charge is 2.24. The molecule has 1 aliphatic rings. The first-order chi connectivity index (χ1) is 16.7. The first kappa shape index (κ1) is 25.1. The lowest BCUT2D eigenvalue weighted by atomic mass is 9.87. The average Bonchev–Trinajstić information content (AvgIpc) is 3.29. The van der Waals surface area contributed by atoms with Gasteiger partial charge >= 0.3 is 0 Å². The van der Waals surface area contributed by atoms with E-state index in [1.807, 2.05) is 4.90 Å². The molecule has 2 aromatic carbocycles. The van der Waals surface area contributed by atoms with Crippen molar-refractivity contribution in [2.75, 3.05) is 33.2 Å². The van der Waals surface area contributed by atoms with E-state index in [1.165, 1.54) is 29.5 Å². The van der Waals surface area contributed by atoms with Crippen molar-refractivity contribution in [1.29, 1.82) is 0 Å². The lowest BCUT2D eigenvalue weighted by molar-refractivity contribution is 0.0658. The minimum Gasteiger partial charge on any atom is -0.447 e. The average molecular weight is 479 g/mol. The van der Waals surface area contributed by atoms with Gasteiger partial charge in [-0.3, -0.25) is 9.69 Å². The van der Waals surface area contributed by atoms with Crippen molar-refractivity contribution in [1.82, 2.24) is 19.7 Å². The predicted molar refractivity (Wildman–Crippen MR) is 134 cm³/mol. The van der Waals surface area contributed by atoms with E-state index in [9.17, 15) is 9.18 Å². The molecule has 0 aliphatic carbocycles. The summed E-state index contributed by atoms with van der Waals surface area (Å²) in [6, 6.07) is 15.2. The molecular formula is C28H35FN4O2. The van der Waals surface area contributed by atoms with Gasteiger partial charge in [0.05, 0.1) is 6.54 Å². The Labute approximate surface area is 207 Å². The van der Waals surface area contributed by atoms with Crippen molar-refractivity contribution in [2.24, 2.45) is 0 Å². The van der Waals surface area contributed by atoms with Crippen LogP contribution in [0.2, 0.25) is 0 Å². The number of piperazine rings is 1. The summed E-state index contributed by atoms with van der Waals surface area (Å²) in [6.07, 6.45) is 1.46. The van der Waals surface area contributed by atoms with Gasteiger partial charge in [-0.15, -0.1) is 0 Å². The van der Waals surface area contributed by atoms with Crippen LogP contribution in [0.3, 0.4) is 0 Å². The maximum atomic E-state index is 13.4. The highest BCUT2D eigenvalue weighted by atomic mass is 19.1. The molecule has 0 unspecified atom stereocenters. The summed E-state index contributed by atoms with van der Waals surface area (Å²) in [5, 5.41) is 0. The van der Waals surface area contributed by atoms with E-state index in [0.29, 0.717) is 44.3 Å². The fraction of sp³-hybridized carbons (Fsp3) is 0.429. The molecule has 7 heteroatoms. The minimum atomic E-state index is -0.252. The summed E-state index contributed by atoms with van der Waals surface area (Å²) in [5.74, 6) is 0.157. The normalized spacial score (nSPS) is 15.1. The monoisotopic (exact) mass is 478 g/mol. The Morgan fingerprint density at radius 1 is 0.943 bits per heavy atom. The zero-order chi connectivity index (χ0) is 25.0. The summed E-state index contributed by atoms with van der Waals surface area (Å²) in [4.78, 5) is 23.6. The Hall–Kier alpha value is -3.03. The van der Waals surface area contributed by atoms with Gasteiger partial charge in [-0.05, 0) is 41.3 Å². The molecule has 1 aromatic heterocycles. The Balaban J connectivity index is 1.48. The van der Waals surface area contributed by atoms with Crippen LogP contribution in [0.15, 0.2) is 59.2 Å². The maximum Gasteiger partial charge on any atom is 0.275 e. The standard InChI is InChI=1S/C28H35FN4O2/c1-28(2,3)23-9-5-21(6-10-23)17-32(18-22-7-11-24(29)12-8-22)19-26-30-25(20-35-26)27(34)33-15-13-31(4)14-16-33/h5-12,20H,13-19H2,1-4H3. The molecule has 186 valence electrons. The number of carbonyl (C=O) groups is 1. The second-order valence-electron chi connectivity index (χ2n) is 10.4. The van der Waals surface area contributed by atoms with Crippen LogP contribution < -0.4 is 0 Å². The van der Waals surface area contributed by atoms with Crippen molar-refractivity contribution < 1.29 is 13.6 Å². The largest absolute Gasteiger partial charge is 0.447 e. The molecule has 1 aliphatic heterocycles. The van der Waals surface area contributed by atoms with Crippen LogP contribution in [-0.4, -0.2) is 58.8 Å². The molecule has 1 saturated heterocycles. The summed E-state index contributed by atoms with van der Waals surface area (Å²) in [6.45, 7) is 11.4. The van der Waals surface area contributed by atoms with E-state index in [-0.39, 0.29) is 17.1 Å². The quantitative estimate of drug-likeness (QED) is 0.493. The van der Waals surface area contributed by atoms with Gasteiger partial charge in [0, 0.05) is 39.3 Å². The number of amides is 1. The number of hydrogen-bond donors (Lipinski definition) is 0. The zero-order valence-corrected chi connectivity index (χ0v) is 21.1. The lowest BCUT2D eigenvalue weighted by Crippen LogP contribution is -2.47. The molecular weight excluding hydrogens is 443 g/mol. The van der Waals surface area contributed by atoms with Crippen molar-refractivity contribution in [3.8, 4) is 0 Å². The van der Waals surface area contributed by atoms with Crippen LogP contribution in [0.5, 0.6) is 0 Å². The molecule has 0 atom stereocenters. The number of halogens is 1. The molecule has 1 amide bonds. The number of aromatic nitrogens is 1. The molecule has 6 nitrogen and oxygen atoms in total. The highest BCUT2D eigenvalue weighted by Crippen LogP contribution is 2.23. The first-order valence-electron chi connectivity index (χ1n) is 12.2. The van der Waals surface area contributed by atoms with E-state index in [0.717, 1.165) is 18.7 Å². The number of benzene rings is 2. The minimum absolute atomic E-state index is 0.0871. The van der Waals surface area contributed by atoms with Gasteiger partial charge in [0.15, 0.2) is 5.69 Å². The molecule has 0 bridgehead atoms. The number of rotatable bonds is 7. The summed E-state index contributed by atoms with van der Waals surface area (Å²) in [7, 11) is 2.06. The van der Waals surface area contributed by atoms with Crippen LogP contribution in [0, 0.1) is 5.82 Å². The van der Waals surface area contributed by atoms with Crippen LogP contribution in [-0.2, 0) is 25.0 Å². The van der Waals surface area contributed by atoms with Crippen LogP contribution in [0.25, 0.3) is 0 Å². The van der Waals surface area contributed by atoms with Crippen molar-refractivity contribution >= 4 is 5.91 Å². The van der Waals surface area contributed by atoms with Gasteiger partial charge in [0.25, 0.3) is 5.91 Å². The SMILES string of the molecule is CN1CCN(C(=O)c2coc(CN(Cc3ccc(F)cc3)Cc3ccc(C(C)(C)C)cc3)n2)CC1. The smallest absolute Gasteiger partial charge is 0.275 e. The van der Waals surface area contributed by atoms with Gasteiger partial charge < -0.3 is 14.2 Å². The van der Waals surface area contributed by atoms with Gasteiger partial charge in [0.2, 0.25) is 5.89 Å². The highest BCUT2D eigenvalue weighted by molar-refractivity contribution is 5.92. The second-order valence-corrected chi connectivity index (χ2v) is 10.4. The third-order valence-corrected chi connectivity index (χ3v) is 6.47. The Bertz CT molecular complexity index is 1110. The first-order valence-corrected chi connectivity index (χ1v) is 12.2. The summed E-state index contributed by atoms with van der Waals surface area (Å²) >= 11 is 0. The molecule has 0 spiro atoms. The second kappa shape index (κ2) is 10.7. The molecule has 0 saturated carbocycles. The van der Waals surface area contributed by atoms with Crippen LogP contribution in [0.4, 0.5) is 4.39 Å². The van der Waals surface area contributed by atoms with Gasteiger partial charge in [-0.2, -0.15) is 0 Å². The maximum absolute atomic E-state index is 13.4. The number of oxazole rings is 1. The number of nitrogens with zero attached hydrogens (tertiary/aromatic N) is 4. The number of likely N-dealkylation sites (N-methyl/N-ethyl adjacent to an activating group) is 1. The molecule has 3 aromatic rings. The van der Waals surface area contributed by atoms with Gasteiger partial charge in [-0.1, -0.05) is 57.2 Å². The summed E-state index contributed by atoms with van der Waals surface area (Å²) in [5.41, 5.74) is 3.89. The lowest BCUT2D eigenvalue weighted by Gasteiger charge is -2.31. The Kier molecular flexibility index (Phi) is 7.67. The van der Waals surface area contributed by atoms with Crippen molar-refractivity contribution in [3.63, 3.8) is 0 Å². The van der Waals surface area contributed by atoms with Gasteiger partial charge in [0.1, 0.15) is 12.1 Å². The molecule has 0 radical (unpaired) electrons. The van der Waals surface area contributed by atoms with E-state index in [2.05, 4.69) is 66.9 Å². The molecule has 2 heterocycles. The van der Waals surface area contributed by atoms with Crippen molar-refractivity contribution in [3.05, 3.63) is 88.9 Å². The van der Waals surface area contributed by atoms with E-state index < -0.39 is 0 Å². The molecule has 1 fully saturated rings. The van der Waals surface area contributed by atoms with Crippen LogP contribution in [0.1, 0.15) is 53.8 Å². The van der Waals surface area contributed by atoms with E-state index in [4.69, 9.17) is 4.42 Å². The Morgan fingerprint density at radius 3 is 2.09 bits per heavy atom. The zero-order valence-electron chi connectivity index (χ0n) is 21.1. The summed E-state index contributed by atoms with van der Waals surface area (Å²) < 4.78 is 19.1.